The topological polar surface area (TPSA) is 3.24 Å². The fourth-order valence-corrected chi connectivity index (χ4v) is 1.78. The van der Waals surface area contributed by atoms with Gasteiger partial charge in [-0.15, -0.1) is 0 Å². The average molecular weight is 171 g/mol. The van der Waals surface area contributed by atoms with Crippen molar-refractivity contribution in [3.05, 3.63) is 12.2 Å². The SMILES string of the molecule is C=C1C[C@@H](CF)N(CC(C)C)C1. The van der Waals surface area contributed by atoms with Crippen molar-refractivity contribution < 1.29 is 4.39 Å². The highest BCUT2D eigenvalue weighted by atomic mass is 19.1. The Balaban J connectivity index is 2.46. The van der Waals surface area contributed by atoms with E-state index in [-0.39, 0.29) is 12.7 Å². The van der Waals surface area contributed by atoms with Crippen LogP contribution in [0.3, 0.4) is 0 Å². The summed E-state index contributed by atoms with van der Waals surface area (Å²) in [6.45, 7) is 9.89. The van der Waals surface area contributed by atoms with Crippen molar-refractivity contribution in [1.82, 2.24) is 4.90 Å². The highest BCUT2D eigenvalue weighted by molar-refractivity contribution is 5.08. The molecule has 0 aromatic carbocycles. The predicted octanol–water partition coefficient (Wildman–Crippen LogP) is 2.24. The summed E-state index contributed by atoms with van der Waals surface area (Å²) in [4.78, 5) is 2.20. The fourth-order valence-electron chi connectivity index (χ4n) is 1.78. The normalized spacial score (nSPS) is 25.7. The minimum Gasteiger partial charge on any atom is -0.293 e. The van der Waals surface area contributed by atoms with E-state index >= 15 is 0 Å². The van der Waals surface area contributed by atoms with Crippen LogP contribution in [-0.4, -0.2) is 30.7 Å². The molecule has 0 radical (unpaired) electrons. The summed E-state index contributed by atoms with van der Waals surface area (Å²) in [5.41, 5.74) is 1.18. The molecule has 0 amide bonds. The van der Waals surface area contributed by atoms with Gasteiger partial charge in [0.1, 0.15) is 6.67 Å². The molecular formula is C10H18FN. The standard InChI is InChI=1S/C10H18FN/c1-8(2)6-12-7-9(3)4-10(12)5-11/h8,10H,3-7H2,1-2H3/t10-/m0/s1. The zero-order chi connectivity index (χ0) is 9.14. The monoisotopic (exact) mass is 171 g/mol. The molecule has 12 heavy (non-hydrogen) atoms. The van der Waals surface area contributed by atoms with Crippen molar-refractivity contribution >= 4 is 0 Å². The van der Waals surface area contributed by atoms with Crippen molar-refractivity contribution in [3.63, 3.8) is 0 Å². The zero-order valence-corrected chi connectivity index (χ0v) is 8.02. The van der Waals surface area contributed by atoms with Gasteiger partial charge in [-0.05, 0) is 12.3 Å². The van der Waals surface area contributed by atoms with Gasteiger partial charge in [-0.25, -0.2) is 4.39 Å². The molecule has 0 aliphatic carbocycles. The van der Waals surface area contributed by atoms with E-state index in [1.807, 2.05) is 0 Å². The Labute approximate surface area is 74.3 Å². The molecule has 0 bridgehead atoms. The molecule has 1 fully saturated rings. The van der Waals surface area contributed by atoms with Crippen LogP contribution in [0.2, 0.25) is 0 Å². The lowest BCUT2D eigenvalue weighted by Gasteiger charge is -2.23. The summed E-state index contributed by atoms with van der Waals surface area (Å²) in [5, 5.41) is 0. The fraction of sp³-hybridized carbons (Fsp3) is 0.800. The van der Waals surface area contributed by atoms with Gasteiger partial charge in [-0.1, -0.05) is 26.0 Å². The maximum atomic E-state index is 12.5. The molecule has 1 aliphatic heterocycles. The van der Waals surface area contributed by atoms with Gasteiger partial charge < -0.3 is 0 Å². The zero-order valence-electron chi connectivity index (χ0n) is 8.02. The van der Waals surface area contributed by atoms with Crippen LogP contribution in [0.4, 0.5) is 4.39 Å². The van der Waals surface area contributed by atoms with E-state index in [1.54, 1.807) is 0 Å². The Hall–Kier alpha value is -0.370. The van der Waals surface area contributed by atoms with E-state index in [2.05, 4.69) is 25.3 Å². The van der Waals surface area contributed by atoms with Crippen LogP contribution in [0.1, 0.15) is 20.3 Å². The molecule has 1 atom stereocenters. The second-order valence-electron chi connectivity index (χ2n) is 4.09. The minimum absolute atomic E-state index is 0.111. The van der Waals surface area contributed by atoms with Gasteiger partial charge in [0.25, 0.3) is 0 Å². The minimum atomic E-state index is -0.230. The van der Waals surface area contributed by atoms with Crippen LogP contribution < -0.4 is 0 Å². The average Bonchev–Trinajstić information content (AvgIpc) is 2.29. The quantitative estimate of drug-likeness (QED) is 0.589. The Morgan fingerprint density at radius 1 is 1.67 bits per heavy atom. The second kappa shape index (κ2) is 4.04. The van der Waals surface area contributed by atoms with Gasteiger partial charge in [-0.2, -0.15) is 0 Å². The van der Waals surface area contributed by atoms with E-state index in [4.69, 9.17) is 0 Å². The number of likely N-dealkylation sites (tertiary alicyclic amines) is 1. The van der Waals surface area contributed by atoms with Crippen LogP contribution in [-0.2, 0) is 0 Å². The molecule has 70 valence electrons. The Morgan fingerprint density at radius 2 is 2.33 bits per heavy atom. The number of nitrogens with zero attached hydrogens (tertiary/aromatic N) is 1. The number of hydrogen-bond acceptors (Lipinski definition) is 1. The summed E-state index contributed by atoms with van der Waals surface area (Å²) in [6, 6.07) is 0.111. The highest BCUT2D eigenvalue weighted by Gasteiger charge is 2.26. The smallest absolute Gasteiger partial charge is 0.105 e. The molecular weight excluding hydrogens is 153 g/mol. The van der Waals surface area contributed by atoms with Gasteiger partial charge in [0.2, 0.25) is 0 Å². The highest BCUT2D eigenvalue weighted by Crippen LogP contribution is 2.22. The third-order valence-corrected chi connectivity index (χ3v) is 2.25. The first-order valence-corrected chi connectivity index (χ1v) is 4.60. The van der Waals surface area contributed by atoms with Crippen LogP contribution in [0.5, 0.6) is 0 Å². The molecule has 1 aliphatic rings. The van der Waals surface area contributed by atoms with Crippen molar-refractivity contribution in [2.24, 2.45) is 5.92 Å². The Bertz CT molecular complexity index is 165. The molecule has 0 aromatic heterocycles. The first-order chi connectivity index (χ1) is 5.63. The summed E-state index contributed by atoms with van der Waals surface area (Å²) >= 11 is 0. The van der Waals surface area contributed by atoms with E-state index in [9.17, 15) is 4.39 Å². The third kappa shape index (κ3) is 2.31. The van der Waals surface area contributed by atoms with Crippen LogP contribution in [0.25, 0.3) is 0 Å². The van der Waals surface area contributed by atoms with Crippen LogP contribution >= 0.6 is 0 Å². The summed E-state index contributed by atoms with van der Waals surface area (Å²) < 4.78 is 12.5. The predicted molar refractivity (Wildman–Crippen MR) is 49.9 cm³/mol. The number of halogens is 1. The lowest BCUT2D eigenvalue weighted by Crippen LogP contribution is -2.33. The van der Waals surface area contributed by atoms with E-state index < -0.39 is 0 Å². The van der Waals surface area contributed by atoms with Gasteiger partial charge in [-0.3, -0.25) is 4.90 Å². The molecule has 1 heterocycles. The molecule has 2 heteroatoms. The lowest BCUT2D eigenvalue weighted by molar-refractivity contribution is 0.195. The van der Waals surface area contributed by atoms with Gasteiger partial charge in [0.05, 0.1) is 0 Å². The molecule has 0 spiro atoms. The molecule has 0 saturated carbocycles. The number of alkyl halides is 1. The molecule has 1 saturated heterocycles. The summed E-state index contributed by atoms with van der Waals surface area (Å²) in [5.74, 6) is 0.616. The molecule has 0 unspecified atom stereocenters. The van der Waals surface area contributed by atoms with Crippen molar-refractivity contribution in [2.45, 2.75) is 26.3 Å². The van der Waals surface area contributed by atoms with Gasteiger partial charge >= 0.3 is 0 Å². The van der Waals surface area contributed by atoms with Crippen molar-refractivity contribution in [3.8, 4) is 0 Å². The lowest BCUT2D eigenvalue weighted by atomic mass is 10.2. The van der Waals surface area contributed by atoms with E-state index in [0.717, 1.165) is 19.5 Å². The number of hydrogen-bond donors (Lipinski definition) is 0. The maximum absolute atomic E-state index is 12.5. The second-order valence-corrected chi connectivity index (χ2v) is 4.09. The maximum Gasteiger partial charge on any atom is 0.105 e. The summed E-state index contributed by atoms with van der Waals surface area (Å²) in [6.07, 6.45) is 0.850. The molecule has 0 aromatic rings. The third-order valence-electron chi connectivity index (χ3n) is 2.25. The first kappa shape index (κ1) is 9.72. The first-order valence-electron chi connectivity index (χ1n) is 4.60. The van der Waals surface area contributed by atoms with Crippen molar-refractivity contribution in [1.29, 1.82) is 0 Å². The van der Waals surface area contributed by atoms with Gasteiger partial charge in [0.15, 0.2) is 0 Å². The molecule has 0 N–H and O–H groups in total. The van der Waals surface area contributed by atoms with Crippen LogP contribution in [0.15, 0.2) is 12.2 Å². The molecule has 1 rings (SSSR count). The Morgan fingerprint density at radius 3 is 2.83 bits per heavy atom. The largest absolute Gasteiger partial charge is 0.293 e. The molecule has 1 nitrogen and oxygen atoms in total. The number of rotatable bonds is 3. The van der Waals surface area contributed by atoms with E-state index in [1.165, 1.54) is 5.57 Å². The summed E-state index contributed by atoms with van der Waals surface area (Å²) in [7, 11) is 0. The van der Waals surface area contributed by atoms with E-state index in [0.29, 0.717) is 5.92 Å². The Kier molecular flexibility index (Phi) is 3.27. The van der Waals surface area contributed by atoms with Crippen LogP contribution in [0, 0.1) is 5.92 Å². The van der Waals surface area contributed by atoms with Gasteiger partial charge in [0, 0.05) is 19.1 Å². The van der Waals surface area contributed by atoms with Crippen molar-refractivity contribution in [2.75, 3.05) is 19.8 Å².